The average molecular weight is 416 g/mol. The van der Waals surface area contributed by atoms with E-state index in [1.807, 2.05) is 47.5 Å². The summed E-state index contributed by atoms with van der Waals surface area (Å²) in [4.78, 5) is 31.4. The quantitative estimate of drug-likeness (QED) is 0.619. The summed E-state index contributed by atoms with van der Waals surface area (Å²) < 4.78 is 0. The molecule has 3 aromatic rings. The SMILES string of the molecule is O=C(CC1(N2Cc3ccccc3C2=O)CCCCC1)NCCc1c[nH]c2ccccc12. The van der Waals surface area contributed by atoms with Gasteiger partial charge in [0.2, 0.25) is 5.91 Å². The van der Waals surface area contributed by atoms with Crippen LogP contribution in [-0.2, 0) is 17.8 Å². The number of hydrogen-bond acceptors (Lipinski definition) is 2. The molecule has 0 radical (unpaired) electrons. The molecule has 2 heterocycles. The highest BCUT2D eigenvalue weighted by atomic mass is 16.2. The van der Waals surface area contributed by atoms with Gasteiger partial charge in [0.25, 0.3) is 5.91 Å². The van der Waals surface area contributed by atoms with Gasteiger partial charge < -0.3 is 15.2 Å². The molecular formula is C26H29N3O2. The Kier molecular flexibility index (Phi) is 5.26. The maximum absolute atomic E-state index is 13.2. The van der Waals surface area contributed by atoms with Crippen molar-refractivity contribution in [2.45, 2.75) is 57.0 Å². The first-order valence-corrected chi connectivity index (χ1v) is 11.4. The van der Waals surface area contributed by atoms with Crippen LogP contribution < -0.4 is 5.32 Å². The van der Waals surface area contributed by atoms with Crippen LogP contribution in [0.3, 0.4) is 0 Å². The first-order valence-electron chi connectivity index (χ1n) is 11.4. The van der Waals surface area contributed by atoms with Gasteiger partial charge in [0.15, 0.2) is 0 Å². The van der Waals surface area contributed by atoms with E-state index in [0.717, 1.165) is 48.7 Å². The lowest BCUT2D eigenvalue weighted by molar-refractivity contribution is -0.124. The smallest absolute Gasteiger partial charge is 0.254 e. The van der Waals surface area contributed by atoms with E-state index in [1.54, 1.807) is 0 Å². The number of para-hydroxylation sites is 1. The highest BCUT2D eigenvalue weighted by molar-refractivity contribution is 5.99. The minimum absolute atomic E-state index is 0.0468. The molecule has 2 aromatic carbocycles. The molecule has 0 saturated heterocycles. The van der Waals surface area contributed by atoms with Gasteiger partial charge >= 0.3 is 0 Å². The number of nitrogens with one attached hydrogen (secondary N) is 2. The third kappa shape index (κ3) is 3.73. The lowest BCUT2D eigenvalue weighted by Gasteiger charge is -2.44. The van der Waals surface area contributed by atoms with Gasteiger partial charge in [0, 0.05) is 42.2 Å². The van der Waals surface area contributed by atoms with E-state index in [2.05, 4.69) is 22.4 Å². The van der Waals surface area contributed by atoms with E-state index in [-0.39, 0.29) is 17.4 Å². The first kappa shape index (κ1) is 19.9. The monoisotopic (exact) mass is 415 g/mol. The Labute approximate surface area is 182 Å². The zero-order chi connectivity index (χ0) is 21.3. The summed E-state index contributed by atoms with van der Waals surface area (Å²) in [6, 6.07) is 16.1. The number of fused-ring (bicyclic) bond motifs is 2. The van der Waals surface area contributed by atoms with Crippen molar-refractivity contribution < 1.29 is 9.59 Å². The number of hydrogen-bond donors (Lipinski definition) is 2. The Morgan fingerprint density at radius 2 is 1.81 bits per heavy atom. The van der Waals surface area contributed by atoms with Gasteiger partial charge in [-0.2, -0.15) is 0 Å². The Balaban J connectivity index is 1.26. The lowest BCUT2D eigenvalue weighted by atomic mass is 9.77. The minimum Gasteiger partial charge on any atom is -0.361 e. The summed E-state index contributed by atoms with van der Waals surface area (Å²) in [5.41, 5.74) is 3.86. The fourth-order valence-electron chi connectivity index (χ4n) is 5.43. The molecule has 1 fully saturated rings. The zero-order valence-electron chi connectivity index (χ0n) is 17.8. The van der Waals surface area contributed by atoms with Crippen LogP contribution in [0.4, 0.5) is 0 Å². The van der Waals surface area contributed by atoms with Crippen molar-refractivity contribution in [3.8, 4) is 0 Å². The third-order valence-corrected chi connectivity index (χ3v) is 7.06. The average Bonchev–Trinajstić information content (AvgIpc) is 3.36. The highest BCUT2D eigenvalue weighted by Gasteiger charge is 2.45. The van der Waals surface area contributed by atoms with E-state index in [4.69, 9.17) is 0 Å². The number of nitrogens with zero attached hydrogens (tertiary/aromatic N) is 1. The second kappa shape index (κ2) is 8.22. The van der Waals surface area contributed by atoms with Crippen molar-refractivity contribution in [3.63, 3.8) is 0 Å². The van der Waals surface area contributed by atoms with Gasteiger partial charge in [-0.15, -0.1) is 0 Å². The van der Waals surface area contributed by atoms with Crippen molar-refractivity contribution in [3.05, 3.63) is 71.4 Å². The molecule has 160 valence electrons. The van der Waals surface area contributed by atoms with Crippen LogP contribution >= 0.6 is 0 Å². The molecule has 1 saturated carbocycles. The number of H-pyrrole nitrogens is 1. The molecule has 0 bridgehead atoms. The van der Waals surface area contributed by atoms with E-state index >= 15 is 0 Å². The number of benzene rings is 2. The summed E-state index contributed by atoms with van der Waals surface area (Å²) in [6.45, 7) is 1.22. The number of amides is 2. The maximum atomic E-state index is 13.2. The van der Waals surface area contributed by atoms with Crippen molar-refractivity contribution in [2.24, 2.45) is 0 Å². The van der Waals surface area contributed by atoms with Crippen LogP contribution in [0, 0.1) is 0 Å². The van der Waals surface area contributed by atoms with Gasteiger partial charge in [-0.25, -0.2) is 0 Å². The van der Waals surface area contributed by atoms with Crippen LogP contribution in [0.5, 0.6) is 0 Å². The molecule has 5 rings (SSSR count). The molecule has 1 aliphatic heterocycles. The highest BCUT2D eigenvalue weighted by Crippen LogP contribution is 2.41. The first-order chi connectivity index (χ1) is 15.2. The van der Waals surface area contributed by atoms with Crippen LogP contribution in [0.25, 0.3) is 10.9 Å². The third-order valence-electron chi connectivity index (χ3n) is 7.06. The van der Waals surface area contributed by atoms with E-state index < -0.39 is 0 Å². The normalized spacial score (nSPS) is 17.7. The standard InChI is InChI=1S/C26H29N3O2/c30-24(27-15-12-19-17-28-23-11-5-4-9-21(19)23)16-26(13-6-1-7-14-26)29-18-20-8-2-3-10-22(20)25(29)31/h2-5,8-11,17,28H,1,6-7,12-16,18H2,(H,27,30). The van der Waals surface area contributed by atoms with Crippen LogP contribution in [0.2, 0.25) is 0 Å². The number of aromatic amines is 1. The molecule has 2 amide bonds. The van der Waals surface area contributed by atoms with Crippen LogP contribution in [0.15, 0.2) is 54.7 Å². The molecule has 31 heavy (non-hydrogen) atoms. The minimum atomic E-state index is -0.362. The summed E-state index contributed by atoms with van der Waals surface area (Å²) in [5.74, 6) is 0.134. The second-order valence-corrected chi connectivity index (χ2v) is 8.97. The predicted molar refractivity (Wildman–Crippen MR) is 122 cm³/mol. The van der Waals surface area contributed by atoms with Crippen molar-refractivity contribution in [1.82, 2.24) is 15.2 Å². The predicted octanol–water partition coefficient (Wildman–Crippen LogP) is 4.58. The van der Waals surface area contributed by atoms with Crippen molar-refractivity contribution >= 4 is 22.7 Å². The molecule has 1 aromatic heterocycles. The van der Waals surface area contributed by atoms with Crippen molar-refractivity contribution in [2.75, 3.05) is 6.54 Å². The van der Waals surface area contributed by atoms with Gasteiger partial charge in [-0.3, -0.25) is 9.59 Å². The summed E-state index contributed by atoms with van der Waals surface area (Å²) in [7, 11) is 0. The Bertz CT molecular complexity index is 1110. The van der Waals surface area contributed by atoms with E-state index in [1.165, 1.54) is 17.4 Å². The molecule has 0 spiro atoms. The molecular weight excluding hydrogens is 386 g/mol. The molecule has 1 aliphatic carbocycles. The molecule has 5 heteroatoms. The number of carbonyl (C=O) groups excluding carboxylic acids is 2. The molecule has 0 unspecified atom stereocenters. The fourth-order valence-corrected chi connectivity index (χ4v) is 5.43. The van der Waals surface area contributed by atoms with Crippen LogP contribution in [-0.4, -0.2) is 33.8 Å². The molecule has 2 aliphatic rings. The Morgan fingerprint density at radius 1 is 1.03 bits per heavy atom. The fraction of sp³-hybridized carbons (Fsp3) is 0.385. The molecule has 0 atom stereocenters. The number of carbonyl (C=O) groups is 2. The lowest BCUT2D eigenvalue weighted by Crippen LogP contribution is -2.52. The summed E-state index contributed by atoms with van der Waals surface area (Å²) in [5, 5.41) is 4.34. The summed E-state index contributed by atoms with van der Waals surface area (Å²) >= 11 is 0. The topological polar surface area (TPSA) is 65.2 Å². The van der Waals surface area contributed by atoms with Crippen LogP contribution in [0.1, 0.15) is 60.0 Å². The zero-order valence-corrected chi connectivity index (χ0v) is 17.8. The number of rotatable bonds is 6. The van der Waals surface area contributed by atoms with Gasteiger partial charge in [0.1, 0.15) is 0 Å². The molecule has 5 nitrogen and oxygen atoms in total. The second-order valence-electron chi connectivity index (χ2n) is 8.97. The largest absolute Gasteiger partial charge is 0.361 e. The maximum Gasteiger partial charge on any atom is 0.254 e. The molecule has 2 N–H and O–H groups in total. The summed E-state index contributed by atoms with van der Waals surface area (Å²) in [6.07, 6.45) is 8.34. The van der Waals surface area contributed by atoms with E-state index in [9.17, 15) is 9.59 Å². The Hall–Kier alpha value is -3.08. The number of aromatic nitrogens is 1. The van der Waals surface area contributed by atoms with Crippen molar-refractivity contribution in [1.29, 1.82) is 0 Å². The van der Waals surface area contributed by atoms with Gasteiger partial charge in [-0.05, 0) is 42.5 Å². The van der Waals surface area contributed by atoms with E-state index in [0.29, 0.717) is 19.5 Å². The van der Waals surface area contributed by atoms with Gasteiger partial charge in [-0.1, -0.05) is 55.7 Å². The van der Waals surface area contributed by atoms with Gasteiger partial charge in [0.05, 0.1) is 5.54 Å². The Morgan fingerprint density at radius 3 is 2.65 bits per heavy atom.